The number of aromatic carboxylic acids is 1. The molecule has 0 saturated heterocycles. The molecule has 19 heavy (non-hydrogen) atoms. The molecule has 5 nitrogen and oxygen atoms in total. The standard InChI is InChI=1S/C14H19NO4/c1-14(2,3)19-13(18)11(8-15)9-4-6-10(7-5-9)12(16)17/h4-7,11H,8,15H2,1-3H3,(H,16,17). The first kappa shape index (κ1) is 15.2. The monoisotopic (exact) mass is 265 g/mol. The first-order chi connectivity index (χ1) is 8.74. The number of carboxylic acid groups (broad SMARTS) is 1. The zero-order valence-electron chi connectivity index (χ0n) is 11.3. The molecule has 3 N–H and O–H groups in total. The van der Waals surface area contributed by atoms with E-state index in [4.69, 9.17) is 15.6 Å². The van der Waals surface area contributed by atoms with Crippen LogP contribution in [0.4, 0.5) is 0 Å². The summed E-state index contributed by atoms with van der Waals surface area (Å²) in [6.45, 7) is 5.46. The third kappa shape index (κ3) is 4.37. The number of hydrogen-bond acceptors (Lipinski definition) is 4. The molecule has 1 atom stereocenters. The molecule has 0 spiro atoms. The molecule has 0 radical (unpaired) electrons. The zero-order valence-corrected chi connectivity index (χ0v) is 11.3. The number of benzene rings is 1. The fourth-order valence-electron chi connectivity index (χ4n) is 1.60. The number of carbonyl (C=O) groups is 2. The highest BCUT2D eigenvalue weighted by Gasteiger charge is 2.25. The number of carboxylic acids is 1. The van der Waals surface area contributed by atoms with Crippen LogP contribution in [0.2, 0.25) is 0 Å². The molecule has 0 amide bonds. The smallest absolute Gasteiger partial charge is 0.335 e. The molecular formula is C14H19NO4. The molecule has 0 aromatic heterocycles. The van der Waals surface area contributed by atoms with E-state index in [1.165, 1.54) is 12.1 Å². The number of nitrogens with two attached hydrogens (primary N) is 1. The van der Waals surface area contributed by atoms with Gasteiger partial charge in [0.15, 0.2) is 0 Å². The van der Waals surface area contributed by atoms with E-state index in [9.17, 15) is 9.59 Å². The van der Waals surface area contributed by atoms with Crippen molar-refractivity contribution in [2.75, 3.05) is 6.54 Å². The van der Waals surface area contributed by atoms with Crippen LogP contribution < -0.4 is 5.73 Å². The summed E-state index contributed by atoms with van der Waals surface area (Å²) in [6.07, 6.45) is 0. The van der Waals surface area contributed by atoms with E-state index in [1.54, 1.807) is 32.9 Å². The zero-order chi connectivity index (χ0) is 14.6. The predicted octanol–water partition coefficient (Wildman–Crippen LogP) is 1.77. The van der Waals surface area contributed by atoms with Gasteiger partial charge in [0.2, 0.25) is 0 Å². The molecule has 0 fully saturated rings. The maximum Gasteiger partial charge on any atom is 0.335 e. The van der Waals surface area contributed by atoms with Crippen molar-refractivity contribution in [3.63, 3.8) is 0 Å². The Bertz CT molecular complexity index is 459. The van der Waals surface area contributed by atoms with Crippen LogP contribution in [-0.2, 0) is 9.53 Å². The second-order valence-electron chi connectivity index (χ2n) is 5.25. The maximum atomic E-state index is 12.0. The van der Waals surface area contributed by atoms with E-state index < -0.39 is 23.5 Å². The topological polar surface area (TPSA) is 89.6 Å². The fourth-order valence-corrected chi connectivity index (χ4v) is 1.60. The van der Waals surface area contributed by atoms with Crippen LogP contribution in [0.5, 0.6) is 0 Å². The number of esters is 1. The summed E-state index contributed by atoms with van der Waals surface area (Å²) < 4.78 is 5.29. The minimum Gasteiger partial charge on any atom is -0.478 e. The number of ether oxygens (including phenoxy) is 1. The molecule has 1 aromatic carbocycles. The third-order valence-corrected chi connectivity index (χ3v) is 2.49. The van der Waals surface area contributed by atoms with Crippen molar-refractivity contribution in [1.82, 2.24) is 0 Å². The van der Waals surface area contributed by atoms with Crippen molar-refractivity contribution < 1.29 is 19.4 Å². The van der Waals surface area contributed by atoms with Crippen LogP contribution in [0, 0.1) is 0 Å². The highest BCUT2D eigenvalue weighted by atomic mass is 16.6. The van der Waals surface area contributed by atoms with Crippen LogP contribution in [0.15, 0.2) is 24.3 Å². The van der Waals surface area contributed by atoms with E-state index in [0.717, 1.165) is 0 Å². The number of rotatable bonds is 4. The summed E-state index contributed by atoms with van der Waals surface area (Å²) >= 11 is 0. The Balaban J connectivity index is 2.91. The molecule has 0 saturated carbocycles. The van der Waals surface area contributed by atoms with Gasteiger partial charge in [0.25, 0.3) is 0 Å². The lowest BCUT2D eigenvalue weighted by molar-refractivity contribution is -0.156. The normalized spacial score (nSPS) is 12.8. The first-order valence-corrected chi connectivity index (χ1v) is 6.01. The molecule has 0 aliphatic carbocycles. The van der Waals surface area contributed by atoms with E-state index in [-0.39, 0.29) is 12.1 Å². The van der Waals surface area contributed by atoms with E-state index in [1.807, 2.05) is 0 Å². The minimum absolute atomic E-state index is 0.112. The lowest BCUT2D eigenvalue weighted by atomic mass is 9.98. The molecule has 0 heterocycles. The van der Waals surface area contributed by atoms with Gasteiger partial charge in [-0.15, -0.1) is 0 Å². The second-order valence-corrected chi connectivity index (χ2v) is 5.25. The van der Waals surface area contributed by atoms with Gasteiger partial charge in [0, 0.05) is 6.54 Å². The molecule has 0 aliphatic rings. The van der Waals surface area contributed by atoms with Gasteiger partial charge in [-0.3, -0.25) is 4.79 Å². The number of carbonyl (C=O) groups excluding carboxylic acids is 1. The van der Waals surface area contributed by atoms with Crippen molar-refractivity contribution in [3.8, 4) is 0 Å². The molecule has 1 unspecified atom stereocenters. The van der Waals surface area contributed by atoms with Crippen LogP contribution >= 0.6 is 0 Å². The van der Waals surface area contributed by atoms with E-state index in [0.29, 0.717) is 5.56 Å². The third-order valence-electron chi connectivity index (χ3n) is 2.49. The Labute approximate surface area is 112 Å². The van der Waals surface area contributed by atoms with Gasteiger partial charge in [-0.2, -0.15) is 0 Å². The second kappa shape index (κ2) is 5.84. The maximum absolute atomic E-state index is 12.0. The fraction of sp³-hybridized carbons (Fsp3) is 0.429. The van der Waals surface area contributed by atoms with E-state index >= 15 is 0 Å². The minimum atomic E-state index is -1.01. The lowest BCUT2D eigenvalue weighted by Crippen LogP contribution is -2.31. The highest BCUT2D eigenvalue weighted by molar-refractivity contribution is 5.88. The Hall–Kier alpha value is -1.88. The van der Waals surface area contributed by atoms with Crippen molar-refractivity contribution in [3.05, 3.63) is 35.4 Å². The van der Waals surface area contributed by atoms with Crippen molar-refractivity contribution >= 4 is 11.9 Å². The Kier molecular flexibility index (Phi) is 4.67. The van der Waals surface area contributed by atoms with Gasteiger partial charge in [-0.25, -0.2) is 4.79 Å². The van der Waals surface area contributed by atoms with Gasteiger partial charge in [-0.05, 0) is 38.5 Å². The average Bonchev–Trinajstić information content (AvgIpc) is 2.28. The summed E-state index contributed by atoms with van der Waals surface area (Å²) in [5.41, 5.74) is 5.85. The Morgan fingerprint density at radius 2 is 1.79 bits per heavy atom. The molecule has 1 rings (SSSR count). The quantitative estimate of drug-likeness (QED) is 0.810. The molecule has 5 heteroatoms. The Morgan fingerprint density at radius 3 is 2.16 bits per heavy atom. The van der Waals surface area contributed by atoms with Gasteiger partial charge in [-0.1, -0.05) is 12.1 Å². The largest absolute Gasteiger partial charge is 0.478 e. The van der Waals surface area contributed by atoms with Gasteiger partial charge < -0.3 is 15.6 Å². The van der Waals surface area contributed by atoms with Crippen LogP contribution in [0.3, 0.4) is 0 Å². The highest BCUT2D eigenvalue weighted by Crippen LogP contribution is 2.20. The van der Waals surface area contributed by atoms with Crippen molar-refractivity contribution in [1.29, 1.82) is 0 Å². The van der Waals surface area contributed by atoms with Crippen LogP contribution in [0.1, 0.15) is 42.6 Å². The molecule has 1 aromatic rings. The van der Waals surface area contributed by atoms with Gasteiger partial charge in [0.05, 0.1) is 11.5 Å². The molecule has 0 bridgehead atoms. The SMILES string of the molecule is CC(C)(C)OC(=O)C(CN)c1ccc(C(=O)O)cc1. The summed E-state index contributed by atoms with van der Waals surface area (Å²) in [4.78, 5) is 22.7. The van der Waals surface area contributed by atoms with Crippen LogP contribution in [-0.4, -0.2) is 29.2 Å². The van der Waals surface area contributed by atoms with Crippen molar-refractivity contribution in [2.45, 2.75) is 32.3 Å². The summed E-state index contributed by atoms with van der Waals surface area (Å²) in [5, 5.41) is 8.82. The molecule has 0 aliphatic heterocycles. The first-order valence-electron chi connectivity index (χ1n) is 6.01. The summed E-state index contributed by atoms with van der Waals surface area (Å²) in [6, 6.07) is 6.07. The van der Waals surface area contributed by atoms with Gasteiger partial charge in [0.1, 0.15) is 5.60 Å². The Morgan fingerprint density at radius 1 is 1.26 bits per heavy atom. The van der Waals surface area contributed by atoms with Crippen molar-refractivity contribution in [2.24, 2.45) is 5.73 Å². The summed E-state index contributed by atoms with van der Waals surface area (Å²) in [5.74, 6) is -1.99. The predicted molar refractivity (Wildman–Crippen MR) is 71.0 cm³/mol. The van der Waals surface area contributed by atoms with Gasteiger partial charge >= 0.3 is 11.9 Å². The van der Waals surface area contributed by atoms with Crippen LogP contribution in [0.25, 0.3) is 0 Å². The lowest BCUT2D eigenvalue weighted by Gasteiger charge is -2.23. The molecule has 104 valence electrons. The average molecular weight is 265 g/mol. The number of hydrogen-bond donors (Lipinski definition) is 2. The molecular weight excluding hydrogens is 246 g/mol. The van der Waals surface area contributed by atoms with E-state index in [2.05, 4.69) is 0 Å². The summed E-state index contributed by atoms with van der Waals surface area (Å²) in [7, 11) is 0.